The molecule has 0 spiro atoms. The Morgan fingerprint density at radius 2 is 1.42 bits per heavy atom. The second-order valence-electron chi connectivity index (χ2n) is 5.93. The zero-order valence-electron chi connectivity index (χ0n) is 14.5. The zero-order valence-corrected chi connectivity index (χ0v) is 14.5. The fourth-order valence-corrected chi connectivity index (χ4v) is 2.84. The van der Waals surface area contributed by atoms with Gasteiger partial charge in [0.15, 0.2) is 5.84 Å². The smallest absolute Gasteiger partial charge is 0.172 e. The number of hydrazone groups is 1. The Morgan fingerprint density at radius 1 is 0.808 bits per heavy atom. The van der Waals surface area contributed by atoms with Gasteiger partial charge in [-0.3, -0.25) is 10.4 Å². The molecule has 0 radical (unpaired) electrons. The predicted molar refractivity (Wildman–Crippen MR) is 105 cm³/mol. The molecule has 130 valence electrons. The molecule has 3 aromatic rings. The summed E-state index contributed by atoms with van der Waals surface area (Å²) >= 11 is 0. The lowest BCUT2D eigenvalue weighted by Crippen LogP contribution is -2.53. The van der Waals surface area contributed by atoms with Gasteiger partial charge in [0.1, 0.15) is 12.4 Å². The first-order valence-corrected chi connectivity index (χ1v) is 8.48. The molecule has 26 heavy (non-hydrogen) atoms. The van der Waals surface area contributed by atoms with Gasteiger partial charge in [-0.2, -0.15) is 5.10 Å². The molecule has 0 atom stereocenters. The number of hydrogen-bond donors (Lipinski definition) is 1. The van der Waals surface area contributed by atoms with E-state index in [9.17, 15) is 0 Å². The minimum absolute atomic E-state index is 0.605. The molecule has 1 aliphatic heterocycles. The van der Waals surface area contributed by atoms with Crippen molar-refractivity contribution in [1.82, 2.24) is 5.43 Å². The van der Waals surface area contributed by atoms with Crippen LogP contribution in [0.25, 0.3) is 0 Å². The molecule has 0 aliphatic carbocycles. The molecule has 5 nitrogen and oxygen atoms in total. The molecular weight excluding hydrogens is 324 g/mol. The Balaban J connectivity index is 1.71. The minimum atomic E-state index is 0.605. The number of nitrogens with zero attached hydrogens (tertiary/aromatic N) is 3. The number of rotatable bonds is 4. The highest BCUT2D eigenvalue weighted by atomic mass is 16.5. The standard InChI is InChI=1S/C21H20N4O/c1-26-20-14-12-17(13-15-20)21-22-24(18-8-4-2-5-9-18)16-25(23-21)19-10-6-3-7-11-19/h2-15H,16H2,1H3,(H,22,23). The van der Waals surface area contributed by atoms with Crippen LogP contribution in [-0.4, -0.2) is 19.6 Å². The van der Waals surface area contributed by atoms with E-state index in [4.69, 9.17) is 9.84 Å². The quantitative estimate of drug-likeness (QED) is 0.780. The molecule has 0 bridgehead atoms. The van der Waals surface area contributed by atoms with Crippen LogP contribution in [0.2, 0.25) is 0 Å². The van der Waals surface area contributed by atoms with Crippen LogP contribution in [-0.2, 0) is 0 Å². The maximum Gasteiger partial charge on any atom is 0.172 e. The van der Waals surface area contributed by atoms with Crippen LogP contribution in [0, 0.1) is 0 Å². The Hall–Kier alpha value is -3.47. The summed E-state index contributed by atoms with van der Waals surface area (Å²) in [5.74, 6) is 1.61. The van der Waals surface area contributed by atoms with Crippen LogP contribution < -0.4 is 20.2 Å². The maximum absolute atomic E-state index is 5.26. The molecular formula is C21H20N4O. The van der Waals surface area contributed by atoms with Gasteiger partial charge in [-0.05, 0) is 48.5 Å². The summed E-state index contributed by atoms with van der Waals surface area (Å²) in [4.78, 5) is 0. The Kier molecular flexibility index (Phi) is 4.43. The molecule has 1 N–H and O–H groups in total. The molecule has 0 saturated heterocycles. The van der Waals surface area contributed by atoms with Gasteiger partial charge in [0.2, 0.25) is 0 Å². The van der Waals surface area contributed by atoms with Crippen LogP contribution >= 0.6 is 0 Å². The van der Waals surface area contributed by atoms with Crippen LogP contribution in [0.5, 0.6) is 5.75 Å². The number of hydrazine groups is 1. The van der Waals surface area contributed by atoms with Crippen molar-refractivity contribution in [2.24, 2.45) is 5.10 Å². The lowest BCUT2D eigenvalue weighted by Gasteiger charge is -2.36. The molecule has 0 amide bonds. The van der Waals surface area contributed by atoms with E-state index >= 15 is 0 Å². The highest BCUT2D eigenvalue weighted by molar-refractivity contribution is 6.00. The lowest BCUT2D eigenvalue weighted by molar-refractivity contribution is 0.415. The van der Waals surface area contributed by atoms with Crippen LogP contribution in [0.4, 0.5) is 11.4 Å². The number of hydrogen-bond acceptors (Lipinski definition) is 5. The van der Waals surface area contributed by atoms with E-state index in [1.807, 2.05) is 65.7 Å². The van der Waals surface area contributed by atoms with Gasteiger partial charge in [-0.1, -0.05) is 36.4 Å². The SMILES string of the molecule is COc1ccc(C2=NN(c3ccccc3)CN(c3ccccc3)N2)cc1. The summed E-state index contributed by atoms with van der Waals surface area (Å²) in [7, 11) is 1.67. The molecule has 1 aliphatic rings. The second-order valence-corrected chi connectivity index (χ2v) is 5.93. The molecule has 3 aromatic carbocycles. The fourth-order valence-electron chi connectivity index (χ4n) is 2.84. The van der Waals surface area contributed by atoms with E-state index in [-0.39, 0.29) is 0 Å². The average molecular weight is 344 g/mol. The number of anilines is 2. The third kappa shape index (κ3) is 3.32. The van der Waals surface area contributed by atoms with Crippen molar-refractivity contribution in [2.45, 2.75) is 0 Å². The molecule has 1 heterocycles. The van der Waals surface area contributed by atoms with E-state index in [1.165, 1.54) is 0 Å². The highest BCUT2D eigenvalue weighted by Gasteiger charge is 2.21. The second kappa shape index (κ2) is 7.19. The van der Waals surface area contributed by atoms with Gasteiger partial charge < -0.3 is 4.74 Å². The Bertz CT molecular complexity index is 879. The first-order chi connectivity index (χ1) is 12.8. The molecule has 5 heteroatoms. The topological polar surface area (TPSA) is 40.1 Å². The summed E-state index contributed by atoms with van der Waals surface area (Å²) in [6.45, 7) is 0.605. The van der Waals surface area contributed by atoms with Gasteiger partial charge in [-0.15, -0.1) is 0 Å². The van der Waals surface area contributed by atoms with E-state index in [0.717, 1.165) is 28.5 Å². The van der Waals surface area contributed by atoms with Crippen molar-refractivity contribution in [3.05, 3.63) is 90.5 Å². The predicted octanol–water partition coefficient (Wildman–Crippen LogP) is 3.85. The number of para-hydroxylation sites is 2. The third-order valence-electron chi connectivity index (χ3n) is 4.22. The number of amidine groups is 1. The molecule has 0 unspecified atom stereocenters. The van der Waals surface area contributed by atoms with Crippen LogP contribution in [0.1, 0.15) is 5.56 Å². The molecule has 4 rings (SSSR count). The zero-order chi connectivity index (χ0) is 17.8. The Labute approximate surface area is 153 Å². The number of benzene rings is 3. The van der Waals surface area contributed by atoms with Crippen LogP contribution in [0.3, 0.4) is 0 Å². The monoisotopic (exact) mass is 344 g/mol. The maximum atomic E-state index is 5.26. The first-order valence-electron chi connectivity index (χ1n) is 8.48. The van der Waals surface area contributed by atoms with Gasteiger partial charge in [0.05, 0.1) is 18.5 Å². The third-order valence-corrected chi connectivity index (χ3v) is 4.22. The van der Waals surface area contributed by atoms with Crippen LogP contribution in [0.15, 0.2) is 90.0 Å². The van der Waals surface area contributed by atoms with Crippen molar-refractivity contribution in [3.8, 4) is 5.75 Å². The van der Waals surface area contributed by atoms with E-state index in [1.54, 1.807) is 7.11 Å². The van der Waals surface area contributed by atoms with Crippen molar-refractivity contribution in [1.29, 1.82) is 0 Å². The molecule has 0 aromatic heterocycles. The average Bonchev–Trinajstić information content (AvgIpc) is 2.75. The summed E-state index contributed by atoms with van der Waals surface area (Å²) in [5, 5.41) is 8.88. The van der Waals surface area contributed by atoms with E-state index < -0.39 is 0 Å². The largest absolute Gasteiger partial charge is 0.497 e. The van der Waals surface area contributed by atoms with E-state index in [0.29, 0.717) is 6.67 Å². The lowest BCUT2D eigenvalue weighted by atomic mass is 10.2. The first kappa shape index (κ1) is 16.0. The number of methoxy groups -OCH3 is 1. The van der Waals surface area contributed by atoms with Gasteiger partial charge in [0, 0.05) is 5.56 Å². The number of nitrogens with one attached hydrogen (secondary N) is 1. The van der Waals surface area contributed by atoms with Crippen molar-refractivity contribution in [2.75, 3.05) is 23.8 Å². The molecule has 0 saturated carbocycles. The molecule has 0 fully saturated rings. The van der Waals surface area contributed by atoms with Gasteiger partial charge in [0.25, 0.3) is 0 Å². The van der Waals surface area contributed by atoms with Gasteiger partial charge in [-0.25, -0.2) is 5.01 Å². The van der Waals surface area contributed by atoms with E-state index in [2.05, 4.69) is 34.7 Å². The van der Waals surface area contributed by atoms with Gasteiger partial charge >= 0.3 is 0 Å². The minimum Gasteiger partial charge on any atom is -0.497 e. The highest BCUT2D eigenvalue weighted by Crippen LogP contribution is 2.22. The van der Waals surface area contributed by atoms with Crippen molar-refractivity contribution < 1.29 is 4.74 Å². The number of ether oxygens (including phenoxy) is 1. The Morgan fingerprint density at radius 3 is 2.04 bits per heavy atom. The fraction of sp³-hybridized carbons (Fsp3) is 0.0952. The summed E-state index contributed by atoms with van der Waals surface area (Å²) in [6, 6.07) is 28.3. The van der Waals surface area contributed by atoms with Crippen molar-refractivity contribution >= 4 is 17.2 Å². The normalized spacial score (nSPS) is 13.8. The summed E-state index contributed by atoms with van der Waals surface area (Å²) in [5.41, 5.74) is 6.54. The van der Waals surface area contributed by atoms with Crippen molar-refractivity contribution in [3.63, 3.8) is 0 Å². The summed E-state index contributed by atoms with van der Waals surface area (Å²) in [6.07, 6.45) is 0. The summed E-state index contributed by atoms with van der Waals surface area (Å²) < 4.78 is 5.26.